The number of aliphatic imine (C=N–C) groups is 1. The van der Waals surface area contributed by atoms with E-state index in [2.05, 4.69) is 20.7 Å². The Bertz CT molecular complexity index is 661. The molecule has 1 aliphatic rings. The first kappa shape index (κ1) is 23.5. The van der Waals surface area contributed by atoms with Crippen LogP contribution in [0.2, 0.25) is 0 Å². The van der Waals surface area contributed by atoms with Crippen molar-refractivity contribution in [2.75, 3.05) is 19.6 Å². The number of alkyl halides is 3. The first-order chi connectivity index (χ1) is 12.2. The summed E-state index contributed by atoms with van der Waals surface area (Å²) in [7, 11) is 1.45. The molecule has 0 saturated carbocycles. The number of guanidine groups is 1. The van der Waals surface area contributed by atoms with E-state index in [0.717, 1.165) is 11.1 Å². The molecule has 0 bridgehead atoms. The van der Waals surface area contributed by atoms with E-state index in [0.29, 0.717) is 32.0 Å². The van der Waals surface area contributed by atoms with E-state index in [1.807, 2.05) is 13.8 Å². The molecule has 7 nitrogen and oxygen atoms in total. The third-order valence-corrected chi connectivity index (χ3v) is 4.11. The number of aromatic nitrogens is 2. The highest BCUT2D eigenvalue weighted by Gasteiger charge is 2.36. The van der Waals surface area contributed by atoms with Gasteiger partial charge in [0, 0.05) is 50.9 Å². The maximum Gasteiger partial charge on any atom is 0.435 e. The largest absolute Gasteiger partial charge is 0.435 e. The molecule has 1 unspecified atom stereocenters. The molecule has 2 N–H and O–H groups in total. The Morgan fingerprint density at radius 1 is 1.41 bits per heavy atom. The molecule has 0 radical (unpaired) electrons. The Morgan fingerprint density at radius 2 is 2.11 bits per heavy atom. The summed E-state index contributed by atoms with van der Waals surface area (Å²) in [5.74, 6) is 0.529. The molecular weight excluding hydrogens is 476 g/mol. The number of nitrogens with zero attached hydrogens (tertiary/aromatic N) is 4. The Balaban J connectivity index is 0.00000364. The van der Waals surface area contributed by atoms with Gasteiger partial charge in [-0.2, -0.15) is 18.3 Å². The number of aryl methyl sites for hydroxylation is 1. The monoisotopic (exact) mass is 502 g/mol. The first-order valence-corrected chi connectivity index (χ1v) is 8.66. The molecule has 0 aromatic carbocycles. The smallest absolute Gasteiger partial charge is 0.357 e. The van der Waals surface area contributed by atoms with Gasteiger partial charge in [-0.3, -0.25) is 9.48 Å². The van der Waals surface area contributed by atoms with E-state index in [4.69, 9.17) is 0 Å². The van der Waals surface area contributed by atoms with Crippen molar-refractivity contribution < 1.29 is 18.0 Å². The molecule has 154 valence electrons. The van der Waals surface area contributed by atoms with Crippen LogP contribution in [-0.2, 0) is 24.6 Å². The molecule has 11 heteroatoms. The van der Waals surface area contributed by atoms with Crippen LogP contribution in [0.4, 0.5) is 13.2 Å². The van der Waals surface area contributed by atoms with Gasteiger partial charge in [-0.15, -0.1) is 24.0 Å². The van der Waals surface area contributed by atoms with Crippen LogP contribution in [0, 0.1) is 0 Å². The predicted octanol–water partition coefficient (Wildman–Crippen LogP) is 2.12. The second kappa shape index (κ2) is 10.1. The van der Waals surface area contributed by atoms with Crippen molar-refractivity contribution in [1.29, 1.82) is 0 Å². The minimum absolute atomic E-state index is 0. The third-order valence-electron chi connectivity index (χ3n) is 4.11. The van der Waals surface area contributed by atoms with Crippen LogP contribution >= 0.6 is 24.0 Å². The van der Waals surface area contributed by atoms with Crippen LogP contribution in [0.1, 0.15) is 37.9 Å². The fourth-order valence-corrected chi connectivity index (χ4v) is 2.90. The highest BCUT2D eigenvalue weighted by molar-refractivity contribution is 14.0. The second-order valence-corrected chi connectivity index (χ2v) is 6.19. The van der Waals surface area contributed by atoms with Crippen LogP contribution in [-0.4, -0.2) is 52.2 Å². The number of amides is 1. The minimum atomic E-state index is -4.51. The van der Waals surface area contributed by atoms with E-state index >= 15 is 0 Å². The molecule has 1 amide bonds. The van der Waals surface area contributed by atoms with E-state index in [-0.39, 0.29) is 48.0 Å². The predicted molar refractivity (Wildman–Crippen MR) is 107 cm³/mol. The lowest BCUT2D eigenvalue weighted by Crippen LogP contribution is -2.45. The Kier molecular flexibility index (Phi) is 8.82. The maximum atomic E-state index is 13.0. The number of carbonyl (C=O) groups excluding carboxylic acids is 1. The first-order valence-electron chi connectivity index (χ1n) is 8.66. The summed E-state index contributed by atoms with van der Waals surface area (Å²) >= 11 is 0. The molecule has 1 aromatic heterocycles. The van der Waals surface area contributed by atoms with Gasteiger partial charge in [-0.25, -0.2) is 4.99 Å². The number of rotatable bonds is 5. The van der Waals surface area contributed by atoms with E-state index in [9.17, 15) is 18.0 Å². The number of hydrogen-bond donors (Lipinski definition) is 2. The Hall–Kier alpha value is -1.53. The summed E-state index contributed by atoms with van der Waals surface area (Å²) in [6.45, 7) is 5.38. The van der Waals surface area contributed by atoms with Crippen molar-refractivity contribution >= 4 is 35.8 Å². The van der Waals surface area contributed by atoms with Crippen molar-refractivity contribution in [3.8, 4) is 0 Å². The summed E-state index contributed by atoms with van der Waals surface area (Å²) < 4.78 is 40.2. The van der Waals surface area contributed by atoms with Crippen LogP contribution in [0.3, 0.4) is 0 Å². The SMILES string of the molecule is CCNC(=NCc1cn(C)nc1C(F)(F)F)NC1CCN(C(=O)CC)C1.I. The van der Waals surface area contributed by atoms with E-state index < -0.39 is 11.9 Å². The third kappa shape index (κ3) is 6.54. The van der Waals surface area contributed by atoms with Gasteiger partial charge in [0.1, 0.15) is 0 Å². The summed E-state index contributed by atoms with van der Waals surface area (Å²) in [4.78, 5) is 17.8. The fraction of sp³-hybridized carbons (Fsp3) is 0.688. The number of likely N-dealkylation sites (tertiary alicyclic amines) is 1. The molecule has 1 atom stereocenters. The number of carbonyl (C=O) groups is 1. The number of halogens is 4. The zero-order valence-corrected chi connectivity index (χ0v) is 18.0. The molecule has 2 rings (SSSR count). The molecule has 2 heterocycles. The Labute approximate surface area is 173 Å². The fourth-order valence-electron chi connectivity index (χ4n) is 2.90. The summed E-state index contributed by atoms with van der Waals surface area (Å²) in [5, 5.41) is 9.71. The lowest BCUT2D eigenvalue weighted by atomic mass is 10.2. The van der Waals surface area contributed by atoms with Gasteiger partial charge >= 0.3 is 6.18 Å². The molecular formula is C16H26F3IN6O. The van der Waals surface area contributed by atoms with Crippen molar-refractivity contribution in [2.24, 2.45) is 12.0 Å². The van der Waals surface area contributed by atoms with Gasteiger partial charge in [-0.1, -0.05) is 6.92 Å². The van der Waals surface area contributed by atoms with Gasteiger partial charge in [0.25, 0.3) is 0 Å². The molecule has 1 saturated heterocycles. The maximum absolute atomic E-state index is 13.0. The quantitative estimate of drug-likeness (QED) is 0.368. The van der Waals surface area contributed by atoms with Crippen LogP contribution < -0.4 is 10.6 Å². The van der Waals surface area contributed by atoms with Crippen molar-refractivity contribution in [3.63, 3.8) is 0 Å². The molecule has 0 spiro atoms. The van der Waals surface area contributed by atoms with E-state index in [1.165, 1.54) is 13.2 Å². The molecule has 1 aliphatic heterocycles. The lowest BCUT2D eigenvalue weighted by Gasteiger charge is -2.18. The van der Waals surface area contributed by atoms with Gasteiger partial charge in [0.15, 0.2) is 11.7 Å². The topological polar surface area (TPSA) is 74.6 Å². The molecule has 0 aliphatic carbocycles. The van der Waals surface area contributed by atoms with Crippen molar-refractivity contribution in [1.82, 2.24) is 25.3 Å². The number of hydrogen-bond acceptors (Lipinski definition) is 3. The highest BCUT2D eigenvalue weighted by Crippen LogP contribution is 2.30. The van der Waals surface area contributed by atoms with Crippen molar-refractivity contribution in [2.45, 2.75) is 45.5 Å². The zero-order chi connectivity index (χ0) is 19.3. The van der Waals surface area contributed by atoms with Crippen LogP contribution in [0.15, 0.2) is 11.2 Å². The average molecular weight is 502 g/mol. The molecule has 27 heavy (non-hydrogen) atoms. The van der Waals surface area contributed by atoms with E-state index in [1.54, 1.807) is 4.90 Å². The summed E-state index contributed by atoms with van der Waals surface area (Å²) in [6.07, 6.45) is -1.95. The van der Waals surface area contributed by atoms with Gasteiger partial charge in [-0.05, 0) is 13.3 Å². The standard InChI is InChI=1S/C16H25F3N6O.HI/c1-4-13(26)25-7-6-12(10-25)22-15(20-5-2)21-8-11-9-24(3)23-14(11)16(17,18)19;/h9,12H,4-8,10H2,1-3H3,(H2,20,21,22);1H. The van der Waals surface area contributed by atoms with Gasteiger partial charge in [0.05, 0.1) is 6.54 Å². The van der Waals surface area contributed by atoms with Crippen LogP contribution in [0.5, 0.6) is 0 Å². The normalized spacial score (nSPS) is 17.6. The van der Waals surface area contributed by atoms with Crippen molar-refractivity contribution in [3.05, 3.63) is 17.5 Å². The van der Waals surface area contributed by atoms with Gasteiger partial charge in [0.2, 0.25) is 5.91 Å². The Morgan fingerprint density at radius 3 is 2.70 bits per heavy atom. The minimum Gasteiger partial charge on any atom is -0.357 e. The molecule has 1 fully saturated rings. The molecule has 1 aromatic rings. The summed E-state index contributed by atoms with van der Waals surface area (Å²) in [5.41, 5.74) is -0.897. The second-order valence-electron chi connectivity index (χ2n) is 6.19. The van der Waals surface area contributed by atoms with Crippen LogP contribution in [0.25, 0.3) is 0 Å². The lowest BCUT2D eigenvalue weighted by molar-refractivity contribution is -0.142. The highest BCUT2D eigenvalue weighted by atomic mass is 127. The summed E-state index contributed by atoms with van der Waals surface area (Å²) in [6, 6.07) is 0.0271. The van der Waals surface area contributed by atoms with Gasteiger partial charge < -0.3 is 15.5 Å². The number of nitrogens with one attached hydrogen (secondary N) is 2. The average Bonchev–Trinajstić information content (AvgIpc) is 3.18. The zero-order valence-electron chi connectivity index (χ0n) is 15.6.